The van der Waals surface area contributed by atoms with Crippen molar-refractivity contribution in [1.29, 1.82) is 0 Å². The molecule has 8 nitrogen and oxygen atoms in total. The number of benzene rings is 2. The Morgan fingerprint density at radius 2 is 1.58 bits per heavy atom. The number of hydrogen-bond donors (Lipinski definition) is 1. The van der Waals surface area contributed by atoms with Crippen LogP contribution in [0.4, 0.5) is 11.5 Å². The molecule has 0 aliphatic carbocycles. The molecule has 1 fully saturated rings. The third kappa shape index (κ3) is 3.88. The van der Waals surface area contributed by atoms with Crippen LogP contribution in [-0.2, 0) is 0 Å². The van der Waals surface area contributed by atoms with Crippen molar-refractivity contribution in [3.63, 3.8) is 0 Å². The number of nitrogens with one attached hydrogen (secondary N) is 1. The van der Waals surface area contributed by atoms with E-state index in [4.69, 9.17) is 19.2 Å². The van der Waals surface area contributed by atoms with Gasteiger partial charge in [-0.15, -0.1) is 0 Å². The second-order valence-corrected chi connectivity index (χ2v) is 7.87. The molecule has 1 aliphatic heterocycles. The second kappa shape index (κ2) is 8.90. The van der Waals surface area contributed by atoms with Crippen molar-refractivity contribution in [3.8, 4) is 28.5 Å². The van der Waals surface area contributed by atoms with E-state index < -0.39 is 0 Å². The van der Waals surface area contributed by atoms with Crippen LogP contribution in [0.1, 0.15) is 0 Å². The monoisotopic (exact) mass is 445 g/mol. The number of piperazine rings is 1. The van der Waals surface area contributed by atoms with Crippen LogP contribution in [0.3, 0.4) is 0 Å². The largest absolute Gasteiger partial charge is 0.493 e. The molecule has 5 rings (SSSR count). The molecule has 8 heteroatoms. The van der Waals surface area contributed by atoms with Crippen molar-refractivity contribution in [2.24, 2.45) is 0 Å². The quantitative estimate of drug-likeness (QED) is 0.481. The van der Waals surface area contributed by atoms with Crippen LogP contribution >= 0.6 is 0 Å². The smallest absolute Gasteiger partial charge is 0.203 e. The molecule has 4 aromatic rings. The third-order valence-electron chi connectivity index (χ3n) is 6.10. The number of nitrogens with zero attached hydrogens (tertiary/aromatic N) is 4. The van der Waals surface area contributed by atoms with Gasteiger partial charge in [-0.3, -0.25) is 4.98 Å². The Morgan fingerprint density at radius 1 is 0.848 bits per heavy atom. The molecule has 2 aromatic heterocycles. The van der Waals surface area contributed by atoms with Crippen molar-refractivity contribution < 1.29 is 14.2 Å². The molecule has 0 radical (unpaired) electrons. The Balaban J connectivity index is 1.37. The maximum Gasteiger partial charge on any atom is 0.203 e. The minimum atomic E-state index is 0.557. The number of fused-ring (bicyclic) bond motifs is 1. The molecule has 3 heterocycles. The van der Waals surface area contributed by atoms with E-state index in [2.05, 4.69) is 44.0 Å². The predicted octanol–water partition coefficient (Wildman–Crippen LogP) is 3.98. The van der Waals surface area contributed by atoms with Crippen molar-refractivity contribution in [1.82, 2.24) is 15.0 Å². The fraction of sp³-hybridized carbons (Fsp3) is 0.280. The molecule has 0 saturated carbocycles. The summed E-state index contributed by atoms with van der Waals surface area (Å²) in [4.78, 5) is 17.4. The number of methoxy groups -OCH3 is 3. The first-order chi connectivity index (χ1) is 16.2. The zero-order valence-corrected chi connectivity index (χ0v) is 19.0. The minimum Gasteiger partial charge on any atom is -0.493 e. The highest BCUT2D eigenvalue weighted by Gasteiger charge is 2.21. The Morgan fingerprint density at radius 3 is 2.27 bits per heavy atom. The van der Waals surface area contributed by atoms with Gasteiger partial charge in [-0.1, -0.05) is 6.07 Å². The van der Waals surface area contributed by atoms with Gasteiger partial charge in [0.05, 0.1) is 39.4 Å². The number of hydrogen-bond acceptors (Lipinski definition) is 7. The van der Waals surface area contributed by atoms with E-state index in [9.17, 15) is 0 Å². The van der Waals surface area contributed by atoms with E-state index in [0.717, 1.165) is 43.3 Å². The van der Waals surface area contributed by atoms with Crippen LogP contribution in [0.25, 0.3) is 22.2 Å². The summed E-state index contributed by atoms with van der Waals surface area (Å²) in [5.41, 5.74) is 4.05. The van der Waals surface area contributed by atoms with Crippen LogP contribution in [0.15, 0.2) is 55.0 Å². The standard InChI is InChI=1S/C25H27N5O3/c1-31-22-13-17(14-23(32-2)25(22)33-3)20-15-26-16-24(28-20)30-11-9-29(10-12-30)21-6-4-5-19-18(21)7-8-27-19/h4-8,13-16,27H,9-12H2,1-3H3. The highest BCUT2D eigenvalue weighted by atomic mass is 16.5. The van der Waals surface area contributed by atoms with Crippen molar-refractivity contribution >= 4 is 22.4 Å². The average Bonchev–Trinajstić information content (AvgIpc) is 3.37. The number of aromatic amines is 1. The summed E-state index contributed by atoms with van der Waals surface area (Å²) < 4.78 is 16.4. The lowest BCUT2D eigenvalue weighted by Gasteiger charge is -2.37. The molecule has 0 bridgehead atoms. The number of rotatable bonds is 6. The van der Waals surface area contributed by atoms with Crippen molar-refractivity contribution in [2.75, 3.05) is 57.3 Å². The minimum absolute atomic E-state index is 0.557. The predicted molar refractivity (Wildman–Crippen MR) is 130 cm³/mol. The van der Waals surface area contributed by atoms with Gasteiger partial charge in [-0.05, 0) is 30.3 Å². The second-order valence-electron chi connectivity index (χ2n) is 7.87. The number of anilines is 2. The third-order valence-corrected chi connectivity index (χ3v) is 6.10. The maximum absolute atomic E-state index is 5.49. The molecule has 0 spiro atoms. The van der Waals surface area contributed by atoms with Crippen molar-refractivity contribution in [2.45, 2.75) is 0 Å². The summed E-state index contributed by atoms with van der Waals surface area (Å²) in [7, 11) is 4.81. The van der Waals surface area contributed by atoms with Gasteiger partial charge in [0, 0.05) is 54.5 Å². The normalized spacial score (nSPS) is 13.9. The summed E-state index contributed by atoms with van der Waals surface area (Å²) in [5.74, 6) is 2.60. The Labute approximate surface area is 192 Å². The molecule has 2 aromatic carbocycles. The van der Waals surface area contributed by atoms with Gasteiger partial charge in [0.15, 0.2) is 11.5 Å². The fourth-order valence-electron chi connectivity index (χ4n) is 4.40. The van der Waals surface area contributed by atoms with Crippen LogP contribution in [0.2, 0.25) is 0 Å². The van der Waals surface area contributed by atoms with Crippen LogP contribution < -0.4 is 24.0 Å². The SMILES string of the molecule is COc1cc(-c2cncc(N3CCN(c4cccc5[nH]ccc45)CC3)n2)cc(OC)c1OC. The molecule has 33 heavy (non-hydrogen) atoms. The Bertz CT molecular complexity index is 1240. The van der Waals surface area contributed by atoms with Gasteiger partial charge in [0.1, 0.15) is 5.82 Å². The highest BCUT2D eigenvalue weighted by Crippen LogP contribution is 2.41. The van der Waals surface area contributed by atoms with Crippen LogP contribution in [-0.4, -0.2) is 62.5 Å². The van der Waals surface area contributed by atoms with Gasteiger partial charge < -0.3 is 29.0 Å². The van der Waals surface area contributed by atoms with Gasteiger partial charge >= 0.3 is 0 Å². The lowest BCUT2D eigenvalue weighted by Crippen LogP contribution is -2.47. The number of aromatic nitrogens is 3. The van der Waals surface area contributed by atoms with E-state index in [1.165, 1.54) is 16.6 Å². The molecule has 1 N–H and O–H groups in total. The first kappa shape index (κ1) is 20.9. The fourth-order valence-corrected chi connectivity index (χ4v) is 4.40. The van der Waals surface area contributed by atoms with E-state index in [-0.39, 0.29) is 0 Å². The number of ether oxygens (including phenoxy) is 3. The molecule has 0 atom stereocenters. The zero-order valence-electron chi connectivity index (χ0n) is 19.0. The molecule has 0 unspecified atom stereocenters. The van der Waals surface area contributed by atoms with Crippen LogP contribution in [0, 0.1) is 0 Å². The Kier molecular flexibility index (Phi) is 5.64. The van der Waals surface area contributed by atoms with Gasteiger partial charge in [0.25, 0.3) is 0 Å². The molecular formula is C25H27N5O3. The van der Waals surface area contributed by atoms with Crippen molar-refractivity contribution in [3.05, 3.63) is 55.0 Å². The van der Waals surface area contributed by atoms with E-state index in [1.54, 1.807) is 27.5 Å². The average molecular weight is 446 g/mol. The van der Waals surface area contributed by atoms with E-state index >= 15 is 0 Å². The summed E-state index contributed by atoms with van der Waals surface area (Å²) in [6.45, 7) is 3.57. The van der Waals surface area contributed by atoms with Gasteiger partial charge in [-0.2, -0.15) is 0 Å². The van der Waals surface area contributed by atoms with Gasteiger partial charge in [-0.25, -0.2) is 4.98 Å². The summed E-state index contributed by atoms with van der Waals surface area (Å²) >= 11 is 0. The highest BCUT2D eigenvalue weighted by molar-refractivity contribution is 5.92. The zero-order chi connectivity index (χ0) is 22.8. The Hall–Kier alpha value is -3.94. The maximum atomic E-state index is 5.49. The molecule has 1 aliphatic rings. The first-order valence-corrected chi connectivity index (χ1v) is 10.9. The van der Waals surface area contributed by atoms with Gasteiger partial charge in [0.2, 0.25) is 5.75 Å². The summed E-state index contributed by atoms with van der Waals surface area (Å²) in [6, 6.07) is 12.3. The molecule has 1 saturated heterocycles. The van der Waals surface area contributed by atoms with E-state index in [0.29, 0.717) is 17.2 Å². The summed E-state index contributed by atoms with van der Waals surface area (Å²) in [5, 5.41) is 1.26. The lowest BCUT2D eigenvalue weighted by molar-refractivity contribution is 0.324. The van der Waals surface area contributed by atoms with Crippen LogP contribution in [0.5, 0.6) is 17.2 Å². The molecule has 0 amide bonds. The molecular weight excluding hydrogens is 418 g/mol. The topological polar surface area (TPSA) is 75.7 Å². The summed E-state index contributed by atoms with van der Waals surface area (Å²) in [6.07, 6.45) is 5.58. The first-order valence-electron chi connectivity index (χ1n) is 10.9. The number of H-pyrrole nitrogens is 1. The lowest BCUT2D eigenvalue weighted by atomic mass is 10.1. The van der Waals surface area contributed by atoms with E-state index in [1.807, 2.05) is 24.5 Å². The molecule has 170 valence electrons.